The molecule has 1 aliphatic rings. The molecule has 6 nitrogen and oxygen atoms in total. The molecule has 0 saturated carbocycles. The molecule has 7 heteroatoms. The summed E-state index contributed by atoms with van der Waals surface area (Å²) in [5.74, 6) is 0. The largest absolute Gasteiger partial charge is 0.445 e. The molecule has 2 rings (SSSR count). The molecule has 1 aromatic carbocycles. The summed E-state index contributed by atoms with van der Waals surface area (Å²) in [6, 6.07) is 8.91. The minimum atomic E-state index is -3.53. The Balaban J connectivity index is 1.86. The normalized spacial score (nSPS) is 18.0. The average Bonchev–Trinajstić information content (AvgIpc) is 2.91. The number of rotatable bonds is 5. The third kappa shape index (κ3) is 4.87. The fourth-order valence-electron chi connectivity index (χ4n) is 1.92. The van der Waals surface area contributed by atoms with Gasteiger partial charge in [-0.05, 0) is 5.56 Å². The molecule has 0 fully saturated rings. The molecule has 0 radical (unpaired) electrons. The quantitative estimate of drug-likeness (QED) is 0.609. The van der Waals surface area contributed by atoms with Gasteiger partial charge >= 0.3 is 6.09 Å². The van der Waals surface area contributed by atoms with E-state index in [2.05, 4.69) is 0 Å². The van der Waals surface area contributed by atoms with Gasteiger partial charge in [-0.2, -0.15) is 8.42 Å². The van der Waals surface area contributed by atoms with Gasteiger partial charge in [0.15, 0.2) is 0 Å². The average molecular weight is 311 g/mol. The zero-order valence-electron chi connectivity index (χ0n) is 11.6. The van der Waals surface area contributed by atoms with Crippen molar-refractivity contribution < 1.29 is 22.1 Å². The first kappa shape index (κ1) is 15.5. The molecule has 0 spiro atoms. The molecular weight excluding hydrogens is 294 g/mol. The van der Waals surface area contributed by atoms with Crippen molar-refractivity contribution in [3.05, 3.63) is 48.0 Å². The van der Waals surface area contributed by atoms with Crippen molar-refractivity contribution in [3.8, 4) is 0 Å². The van der Waals surface area contributed by atoms with E-state index in [0.29, 0.717) is 6.54 Å². The summed E-state index contributed by atoms with van der Waals surface area (Å²) in [5.41, 5.74) is 0.891. The maximum atomic E-state index is 12.0. The van der Waals surface area contributed by atoms with Gasteiger partial charge in [-0.25, -0.2) is 4.79 Å². The molecule has 1 atom stereocenters. The smallest absolute Gasteiger partial charge is 0.410 e. The first-order chi connectivity index (χ1) is 9.96. The summed E-state index contributed by atoms with van der Waals surface area (Å²) in [6.07, 6.45) is 3.99. The number of nitrogens with zero attached hydrogens (tertiary/aromatic N) is 1. The van der Waals surface area contributed by atoms with Gasteiger partial charge in [0.25, 0.3) is 10.1 Å². The maximum absolute atomic E-state index is 12.0. The van der Waals surface area contributed by atoms with Crippen LogP contribution in [-0.4, -0.2) is 44.9 Å². The molecule has 114 valence electrons. The van der Waals surface area contributed by atoms with Gasteiger partial charge in [-0.1, -0.05) is 42.5 Å². The lowest BCUT2D eigenvalue weighted by Gasteiger charge is -2.23. The standard InChI is InChI=1S/C14H17NO5S/c1-21(17,18)20-11-13-8-5-9-15(13)14(16)19-10-12-6-3-2-4-7-12/h2-8,13H,9-11H2,1H3. The van der Waals surface area contributed by atoms with Crippen LogP contribution in [0.1, 0.15) is 5.56 Å². The zero-order chi connectivity index (χ0) is 15.3. The molecule has 0 aromatic heterocycles. The number of ether oxygens (including phenoxy) is 1. The molecule has 1 unspecified atom stereocenters. The van der Waals surface area contributed by atoms with Crippen LogP contribution >= 0.6 is 0 Å². The Morgan fingerprint density at radius 1 is 1.33 bits per heavy atom. The van der Waals surface area contributed by atoms with E-state index in [9.17, 15) is 13.2 Å². The van der Waals surface area contributed by atoms with Crippen LogP contribution in [0, 0.1) is 0 Å². The van der Waals surface area contributed by atoms with Crippen LogP contribution < -0.4 is 0 Å². The van der Waals surface area contributed by atoms with E-state index in [1.807, 2.05) is 30.3 Å². The first-order valence-corrected chi connectivity index (χ1v) is 8.26. The Morgan fingerprint density at radius 3 is 2.71 bits per heavy atom. The predicted molar refractivity (Wildman–Crippen MR) is 77.1 cm³/mol. The van der Waals surface area contributed by atoms with Crippen molar-refractivity contribution in [2.24, 2.45) is 0 Å². The van der Waals surface area contributed by atoms with E-state index >= 15 is 0 Å². The molecule has 1 aromatic rings. The van der Waals surface area contributed by atoms with Gasteiger partial charge in [0, 0.05) is 6.54 Å². The van der Waals surface area contributed by atoms with Crippen LogP contribution in [0.25, 0.3) is 0 Å². The first-order valence-electron chi connectivity index (χ1n) is 6.44. The van der Waals surface area contributed by atoms with Crippen molar-refractivity contribution in [1.82, 2.24) is 4.90 Å². The number of hydrogen-bond donors (Lipinski definition) is 0. The lowest BCUT2D eigenvalue weighted by molar-refractivity contribution is 0.0871. The van der Waals surface area contributed by atoms with Gasteiger partial charge in [-0.3, -0.25) is 9.08 Å². The molecule has 21 heavy (non-hydrogen) atoms. The highest BCUT2D eigenvalue weighted by Crippen LogP contribution is 2.13. The SMILES string of the molecule is CS(=O)(=O)OCC1C=CCN1C(=O)OCc1ccccc1. The number of hydrogen-bond acceptors (Lipinski definition) is 5. The van der Waals surface area contributed by atoms with Gasteiger partial charge in [0.2, 0.25) is 0 Å². The van der Waals surface area contributed by atoms with Crippen LogP contribution in [0.2, 0.25) is 0 Å². The van der Waals surface area contributed by atoms with Crippen LogP contribution in [0.5, 0.6) is 0 Å². The topological polar surface area (TPSA) is 72.9 Å². The molecular formula is C14H17NO5S. The molecule has 1 amide bonds. The van der Waals surface area contributed by atoms with E-state index < -0.39 is 22.3 Å². The monoisotopic (exact) mass is 311 g/mol. The molecule has 1 aliphatic heterocycles. The van der Waals surface area contributed by atoms with Crippen molar-refractivity contribution in [3.63, 3.8) is 0 Å². The molecule has 0 N–H and O–H groups in total. The minimum Gasteiger partial charge on any atom is -0.445 e. The highest BCUT2D eigenvalue weighted by atomic mass is 32.2. The van der Waals surface area contributed by atoms with Crippen LogP contribution in [0.4, 0.5) is 4.79 Å². The van der Waals surface area contributed by atoms with E-state index in [-0.39, 0.29) is 13.2 Å². The molecule has 1 heterocycles. The maximum Gasteiger partial charge on any atom is 0.410 e. The van der Waals surface area contributed by atoms with Crippen molar-refractivity contribution in [2.45, 2.75) is 12.6 Å². The summed E-state index contributed by atoms with van der Waals surface area (Å²) in [5, 5.41) is 0. The summed E-state index contributed by atoms with van der Waals surface area (Å²) in [6.45, 7) is 0.455. The van der Waals surface area contributed by atoms with Crippen LogP contribution in [0.15, 0.2) is 42.5 Å². The second-order valence-corrected chi connectivity index (χ2v) is 6.32. The summed E-state index contributed by atoms with van der Waals surface area (Å²) in [7, 11) is -3.53. The Hall–Kier alpha value is -1.86. The third-order valence-corrected chi connectivity index (χ3v) is 3.52. The minimum absolute atomic E-state index is 0.101. The summed E-state index contributed by atoms with van der Waals surface area (Å²) in [4.78, 5) is 13.4. The Kier molecular flexibility index (Phi) is 4.98. The molecule has 0 bridgehead atoms. The fourth-order valence-corrected chi connectivity index (χ4v) is 2.31. The predicted octanol–water partition coefficient (Wildman–Crippen LogP) is 1.54. The van der Waals surface area contributed by atoms with Crippen molar-refractivity contribution in [2.75, 3.05) is 19.4 Å². The van der Waals surface area contributed by atoms with Gasteiger partial charge in [-0.15, -0.1) is 0 Å². The van der Waals surface area contributed by atoms with E-state index in [0.717, 1.165) is 11.8 Å². The van der Waals surface area contributed by atoms with Gasteiger partial charge in [0.05, 0.1) is 18.9 Å². The lowest BCUT2D eigenvalue weighted by atomic mass is 10.2. The van der Waals surface area contributed by atoms with Gasteiger partial charge < -0.3 is 4.74 Å². The summed E-state index contributed by atoms with van der Waals surface area (Å²) >= 11 is 0. The third-order valence-electron chi connectivity index (χ3n) is 2.95. The Bertz CT molecular complexity index is 612. The van der Waals surface area contributed by atoms with Crippen LogP contribution in [0.3, 0.4) is 0 Å². The fraction of sp³-hybridized carbons (Fsp3) is 0.357. The second kappa shape index (κ2) is 6.73. The number of carbonyl (C=O) groups is 1. The zero-order valence-corrected chi connectivity index (χ0v) is 12.5. The highest BCUT2D eigenvalue weighted by molar-refractivity contribution is 7.85. The van der Waals surface area contributed by atoms with Crippen LogP contribution in [-0.2, 0) is 25.6 Å². The Labute approximate surface area is 124 Å². The Morgan fingerprint density at radius 2 is 2.05 bits per heavy atom. The van der Waals surface area contributed by atoms with Gasteiger partial charge in [0.1, 0.15) is 6.61 Å². The number of carbonyl (C=O) groups excluding carboxylic acids is 1. The second-order valence-electron chi connectivity index (χ2n) is 4.68. The van der Waals surface area contributed by atoms with E-state index in [1.165, 1.54) is 4.90 Å². The van der Waals surface area contributed by atoms with Crippen molar-refractivity contribution in [1.29, 1.82) is 0 Å². The highest BCUT2D eigenvalue weighted by Gasteiger charge is 2.27. The number of benzene rings is 1. The molecule has 0 aliphatic carbocycles. The van der Waals surface area contributed by atoms with E-state index in [4.69, 9.17) is 8.92 Å². The van der Waals surface area contributed by atoms with Crippen molar-refractivity contribution >= 4 is 16.2 Å². The van der Waals surface area contributed by atoms with E-state index in [1.54, 1.807) is 12.2 Å². The number of amides is 1. The summed E-state index contributed by atoms with van der Waals surface area (Å²) < 4.78 is 31.9. The molecule has 0 saturated heterocycles. The lowest BCUT2D eigenvalue weighted by Crippen LogP contribution is -2.39.